The number of para-hydroxylation sites is 1. The largest absolute Gasteiger partial charge is 0.508 e. The van der Waals surface area contributed by atoms with E-state index < -0.39 is 0 Å². The third-order valence-corrected chi connectivity index (χ3v) is 8.74. The fourth-order valence-electron chi connectivity index (χ4n) is 6.21. The van der Waals surface area contributed by atoms with Crippen molar-refractivity contribution in [3.63, 3.8) is 0 Å². The van der Waals surface area contributed by atoms with E-state index in [1.807, 2.05) is 79.7 Å². The zero-order chi connectivity index (χ0) is 30.8. The van der Waals surface area contributed by atoms with Gasteiger partial charge in [-0.1, -0.05) is 54.1 Å². The van der Waals surface area contributed by atoms with E-state index in [0.717, 1.165) is 52.9 Å². The summed E-state index contributed by atoms with van der Waals surface area (Å²) in [6.07, 6.45) is 0. The number of aromatic nitrogens is 1. The topological polar surface area (TPSA) is 72.2 Å². The maximum Gasteiger partial charge on any atom is 0.270 e. The Morgan fingerprint density at radius 3 is 1.93 bits per heavy atom. The molecule has 0 atom stereocenters. The van der Waals surface area contributed by atoms with E-state index in [2.05, 4.69) is 26.5 Å². The molecule has 1 amide bonds. The zero-order valence-corrected chi connectivity index (χ0v) is 25.8. The standard InChI is InChI=1S/C36H37ClN4O3/c1-38(2)19-24-41-32-6-4-3-5-31(32)34(33(25-7-15-29(42)16-8-25)26-9-17-30(43)18-10-26)35(41)36(44)40-22-20-39(21-23-40)28-13-11-27(37)12-14-28/h3-18,33,42-43H,19-24H2,1-2H3. The predicted octanol–water partition coefficient (Wildman–Crippen LogP) is 6.41. The highest BCUT2D eigenvalue weighted by molar-refractivity contribution is 6.30. The summed E-state index contributed by atoms with van der Waals surface area (Å²) in [5.41, 5.74) is 5.62. The molecule has 4 aromatic carbocycles. The molecule has 0 spiro atoms. The van der Waals surface area contributed by atoms with E-state index in [1.54, 1.807) is 24.3 Å². The predicted molar refractivity (Wildman–Crippen MR) is 177 cm³/mol. The highest BCUT2D eigenvalue weighted by Gasteiger charge is 2.33. The van der Waals surface area contributed by atoms with Crippen molar-refractivity contribution in [3.05, 3.63) is 124 Å². The van der Waals surface area contributed by atoms with Crippen molar-refractivity contribution >= 4 is 34.1 Å². The smallest absolute Gasteiger partial charge is 0.270 e. The molecule has 1 fully saturated rings. The maximum absolute atomic E-state index is 14.8. The lowest BCUT2D eigenvalue weighted by molar-refractivity contribution is 0.0734. The van der Waals surface area contributed by atoms with Crippen molar-refractivity contribution in [1.29, 1.82) is 0 Å². The number of amides is 1. The van der Waals surface area contributed by atoms with Crippen LogP contribution < -0.4 is 4.90 Å². The first-order chi connectivity index (χ1) is 21.3. The molecule has 44 heavy (non-hydrogen) atoms. The molecule has 2 heterocycles. The molecule has 1 aliphatic rings. The minimum atomic E-state index is -0.309. The van der Waals surface area contributed by atoms with E-state index in [9.17, 15) is 15.0 Å². The highest BCUT2D eigenvalue weighted by atomic mass is 35.5. The lowest BCUT2D eigenvalue weighted by Crippen LogP contribution is -2.49. The normalized spacial score (nSPS) is 13.8. The Kier molecular flexibility index (Phi) is 8.51. The van der Waals surface area contributed by atoms with Gasteiger partial charge in [0, 0.05) is 72.4 Å². The molecule has 1 saturated heterocycles. The van der Waals surface area contributed by atoms with Gasteiger partial charge in [-0.3, -0.25) is 4.79 Å². The second kappa shape index (κ2) is 12.6. The summed E-state index contributed by atoms with van der Waals surface area (Å²) in [5.74, 6) is 0.0623. The Bertz CT molecular complexity index is 1690. The summed E-state index contributed by atoms with van der Waals surface area (Å²) in [4.78, 5) is 21.2. The van der Waals surface area contributed by atoms with Crippen LogP contribution in [0.2, 0.25) is 5.02 Å². The van der Waals surface area contributed by atoms with Crippen LogP contribution in [0.1, 0.15) is 33.1 Å². The monoisotopic (exact) mass is 608 g/mol. The highest BCUT2D eigenvalue weighted by Crippen LogP contribution is 2.41. The Balaban J connectivity index is 1.48. The summed E-state index contributed by atoms with van der Waals surface area (Å²) in [7, 11) is 4.08. The van der Waals surface area contributed by atoms with Gasteiger partial charge in [0.1, 0.15) is 17.2 Å². The molecule has 0 bridgehead atoms. The molecule has 6 rings (SSSR count). The Morgan fingerprint density at radius 1 is 0.795 bits per heavy atom. The average molecular weight is 609 g/mol. The number of halogens is 1. The molecule has 0 radical (unpaired) electrons. The van der Waals surface area contributed by atoms with Gasteiger partial charge in [-0.05, 0) is 79.8 Å². The molecular formula is C36H37ClN4O3. The number of nitrogens with zero attached hydrogens (tertiary/aromatic N) is 4. The summed E-state index contributed by atoms with van der Waals surface area (Å²) in [5, 5.41) is 22.0. The van der Waals surface area contributed by atoms with Crippen molar-refractivity contribution in [2.45, 2.75) is 12.5 Å². The van der Waals surface area contributed by atoms with Gasteiger partial charge in [0.15, 0.2) is 0 Å². The number of anilines is 1. The summed E-state index contributed by atoms with van der Waals surface area (Å²) >= 11 is 6.12. The number of fused-ring (bicyclic) bond motifs is 1. The fourth-order valence-corrected chi connectivity index (χ4v) is 6.34. The molecule has 2 N–H and O–H groups in total. The first kappa shape index (κ1) is 29.6. The van der Waals surface area contributed by atoms with Crippen LogP contribution >= 0.6 is 11.6 Å². The lowest BCUT2D eigenvalue weighted by Gasteiger charge is -2.36. The van der Waals surface area contributed by atoms with Crippen LogP contribution in [0.25, 0.3) is 10.9 Å². The molecule has 5 aromatic rings. The van der Waals surface area contributed by atoms with Crippen molar-refractivity contribution in [1.82, 2.24) is 14.4 Å². The number of carbonyl (C=O) groups is 1. The van der Waals surface area contributed by atoms with Gasteiger partial charge in [0.05, 0.1) is 0 Å². The number of benzene rings is 4. The van der Waals surface area contributed by atoms with Gasteiger partial charge in [-0.25, -0.2) is 0 Å². The van der Waals surface area contributed by atoms with E-state index in [4.69, 9.17) is 11.6 Å². The molecule has 0 aliphatic carbocycles. The third kappa shape index (κ3) is 5.98. The van der Waals surface area contributed by atoms with Crippen molar-refractivity contribution in [3.8, 4) is 11.5 Å². The fraction of sp³-hybridized carbons (Fsp3) is 0.250. The van der Waals surface area contributed by atoms with Crippen molar-refractivity contribution < 1.29 is 15.0 Å². The molecular weight excluding hydrogens is 572 g/mol. The van der Waals surface area contributed by atoms with Gasteiger partial charge in [-0.2, -0.15) is 0 Å². The first-order valence-electron chi connectivity index (χ1n) is 14.9. The number of phenols is 2. The number of piperazine rings is 1. The number of aromatic hydroxyl groups is 2. The van der Waals surface area contributed by atoms with Crippen molar-refractivity contribution in [2.24, 2.45) is 0 Å². The molecule has 8 heteroatoms. The summed E-state index contributed by atoms with van der Waals surface area (Å²) in [6.45, 7) is 4.06. The van der Waals surface area contributed by atoms with Crippen LogP contribution in [-0.2, 0) is 6.54 Å². The first-order valence-corrected chi connectivity index (χ1v) is 15.3. The second-order valence-corrected chi connectivity index (χ2v) is 12.0. The van der Waals surface area contributed by atoms with Crippen LogP contribution in [0.5, 0.6) is 11.5 Å². The minimum absolute atomic E-state index is 0.00766. The van der Waals surface area contributed by atoms with Crippen molar-refractivity contribution in [2.75, 3.05) is 51.7 Å². The van der Waals surface area contributed by atoms with Crippen LogP contribution in [0.4, 0.5) is 5.69 Å². The Hall–Kier alpha value is -4.46. The lowest BCUT2D eigenvalue weighted by atomic mass is 9.83. The number of likely N-dealkylation sites (N-methyl/N-ethyl adjacent to an activating group) is 1. The molecule has 0 unspecified atom stereocenters. The molecule has 1 aliphatic heterocycles. The van der Waals surface area contributed by atoms with Crippen LogP contribution in [0, 0.1) is 0 Å². The quantitative estimate of drug-likeness (QED) is 0.213. The Labute approximate surface area is 263 Å². The zero-order valence-electron chi connectivity index (χ0n) is 25.0. The summed E-state index contributed by atoms with van der Waals surface area (Å²) in [6, 6.07) is 30.5. The van der Waals surface area contributed by atoms with E-state index in [1.165, 1.54) is 0 Å². The van der Waals surface area contributed by atoms with Crippen LogP contribution in [-0.4, -0.2) is 77.3 Å². The number of phenolic OH excluding ortho intramolecular Hbond substituents is 2. The second-order valence-electron chi connectivity index (χ2n) is 11.6. The minimum Gasteiger partial charge on any atom is -0.508 e. The molecule has 7 nitrogen and oxygen atoms in total. The number of rotatable bonds is 8. The van der Waals surface area contributed by atoms with E-state index in [0.29, 0.717) is 30.4 Å². The van der Waals surface area contributed by atoms with E-state index in [-0.39, 0.29) is 23.3 Å². The third-order valence-electron chi connectivity index (χ3n) is 8.48. The number of hydrogen-bond acceptors (Lipinski definition) is 5. The van der Waals surface area contributed by atoms with Crippen LogP contribution in [0.15, 0.2) is 97.1 Å². The molecule has 1 aromatic heterocycles. The number of hydrogen-bond donors (Lipinski definition) is 2. The van der Waals surface area contributed by atoms with Gasteiger partial charge in [-0.15, -0.1) is 0 Å². The van der Waals surface area contributed by atoms with Gasteiger partial charge < -0.3 is 29.5 Å². The maximum atomic E-state index is 14.8. The van der Waals surface area contributed by atoms with Gasteiger partial charge >= 0.3 is 0 Å². The van der Waals surface area contributed by atoms with Gasteiger partial charge in [0.2, 0.25) is 0 Å². The van der Waals surface area contributed by atoms with Crippen LogP contribution in [0.3, 0.4) is 0 Å². The molecule has 226 valence electrons. The number of carbonyl (C=O) groups excluding carboxylic acids is 1. The average Bonchev–Trinajstić information content (AvgIpc) is 3.36. The van der Waals surface area contributed by atoms with Gasteiger partial charge in [0.25, 0.3) is 5.91 Å². The summed E-state index contributed by atoms with van der Waals surface area (Å²) < 4.78 is 2.19. The van der Waals surface area contributed by atoms with E-state index >= 15 is 0 Å². The SMILES string of the molecule is CN(C)CCn1c(C(=O)N2CCN(c3ccc(Cl)cc3)CC2)c(C(c2ccc(O)cc2)c2ccc(O)cc2)c2ccccc21. The molecule has 0 saturated carbocycles. The Morgan fingerprint density at radius 2 is 1.36 bits per heavy atom.